The molecule has 2 unspecified atom stereocenters. The molecular formula is C15H24ClN3O. The van der Waals surface area contributed by atoms with E-state index in [-0.39, 0.29) is 24.6 Å². The van der Waals surface area contributed by atoms with E-state index in [4.69, 9.17) is 0 Å². The van der Waals surface area contributed by atoms with Crippen LogP contribution in [0, 0.1) is 0 Å². The number of hydrogen-bond donors (Lipinski definition) is 2. The van der Waals surface area contributed by atoms with Crippen LogP contribution >= 0.6 is 12.4 Å². The summed E-state index contributed by atoms with van der Waals surface area (Å²) in [6.07, 6.45) is 2.22. The van der Waals surface area contributed by atoms with Crippen LogP contribution in [0.15, 0.2) is 48.0 Å². The summed E-state index contributed by atoms with van der Waals surface area (Å²) < 4.78 is 0. The Morgan fingerprint density at radius 3 is 2.65 bits per heavy atom. The van der Waals surface area contributed by atoms with E-state index < -0.39 is 6.10 Å². The molecule has 1 aliphatic rings. The van der Waals surface area contributed by atoms with E-state index in [2.05, 4.69) is 28.6 Å². The van der Waals surface area contributed by atoms with Gasteiger partial charge in [-0.15, -0.1) is 19.0 Å². The molecule has 0 aliphatic carbocycles. The van der Waals surface area contributed by atoms with Crippen molar-refractivity contribution in [3.05, 3.63) is 48.6 Å². The van der Waals surface area contributed by atoms with Crippen molar-refractivity contribution in [2.75, 3.05) is 6.54 Å². The standard InChI is InChI=1S/C15H20N2O.ClH.H3N/c1-3-7-15-16-14(12(2)18)11-17(15)10-13-8-5-4-6-9-13;;/h3-6,8-9,12,14,18H,1,7,10-11H2,2H3;1H;1H3. The number of nitrogens with zero attached hydrogens (tertiary/aromatic N) is 2. The highest BCUT2D eigenvalue weighted by molar-refractivity contribution is 5.85. The van der Waals surface area contributed by atoms with Crippen molar-refractivity contribution in [2.24, 2.45) is 4.99 Å². The maximum absolute atomic E-state index is 9.66. The molecule has 1 aliphatic heterocycles. The van der Waals surface area contributed by atoms with Crippen LogP contribution in [-0.4, -0.2) is 34.5 Å². The molecule has 0 radical (unpaired) electrons. The van der Waals surface area contributed by atoms with Gasteiger partial charge in [-0.05, 0) is 12.5 Å². The fraction of sp³-hybridized carbons (Fsp3) is 0.400. The van der Waals surface area contributed by atoms with Crippen LogP contribution in [-0.2, 0) is 6.54 Å². The summed E-state index contributed by atoms with van der Waals surface area (Å²) in [7, 11) is 0. The Kier molecular flexibility index (Phi) is 8.15. The largest absolute Gasteiger partial charge is 0.391 e. The first kappa shape index (κ1) is 18.6. The average molecular weight is 298 g/mol. The number of rotatable bonds is 5. The maximum atomic E-state index is 9.66. The zero-order valence-corrected chi connectivity index (χ0v) is 12.7. The van der Waals surface area contributed by atoms with Gasteiger partial charge in [0.15, 0.2) is 0 Å². The van der Waals surface area contributed by atoms with E-state index in [9.17, 15) is 5.11 Å². The number of hydrogen-bond acceptors (Lipinski definition) is 4. The van der Waals surface area contributed by atoms with E-state index in [0.717, 1.165) is 25.3 Å². The maximum Gasteiger partial charge on any atom is 0.104 e. The molecule has 0 amide bonds. The minimum absolute atomic E-state index is 0. The zero-order chi connectivity index (χ0) is 13.0. The van der Waals surface area contributed by atoms with Crippen molar-refractivity contribution >= 4 is 18.2 Å². The van der Waals surface area contributed by atoms with E-state index in [1.807, 2.05) is 24.3 Å². The minimum atomic E-state index is -0.398. The molecule has 4 nitrogen and oxygen atoms in total. The van der Waals surface area contributed by atoms with Crippen LogP contribution in [0.2, 0.25) is 0 Å². The SMILES string of the molecule is C=CCC1=NC(C(C)O)CN1Cc1ccccc1.Cl.N. The summed E-state index contributed by atoms with van der Waals surface area (Å²) in [6, 6.07) is 10.3. The highest BCUT2D eigenvalue weighted by Crippen LogP contribution is 2.17. The number of halogens is 1. The summed E-state index contributed by atoms with van der Waals surface area (Å²) in [5.74, 6) is 1.03. The van der Waals surface area contributed by atoms with Gasteiger partial charge in [0.25, 0.3) is 0 Å². The Morgan fingerprint density at radius 2 is 2.10 bits per heavy atom. The average Bonchev–Trinajstić information content (AvgIpc) is 2.75. The molecule has 2 rings (SSSR count). The van der Waals surface area contributed by atoms with Crippen LogP contribution < -0.4 is 6.15 Å². The van der Waals surface area contributed by atoms with Gasteiger partial charge in [0.2, 0.25) is 0 Å². The van der Waals surface area contributed by atoms with Crippen molar-refractivity contribution < 1.29 is 5.11 Å². The number of amidine groups is 1. The summed E-state index contributed by atoms with van der Waals surface area (Å²) in [5, 5.41) is 9.66. The van der Waals surface area contributed by atoms with Gasteiger partial charge in [-0.2, -0.15) is 0 Å². The van der Waals surface area contributed by atoms with Crippen molar-refractivity contribution in [1.82, 2.24) is 11.1 Å². The molecule has 0 aromatic heterocycles. The van der Waals surface area contributed by atoms with E-state index in [0.29, 0.717) is 0 Å². The topological polar surface area (TPSA) is 70.8 Å². The molecule has 1 heterocycles. The van der Waals surface area contributed by atoms with Crippen LogP contribution in [0.5, 0.6) is 0 Å². The lowest BCUT2D eigenvalue weighted by atomic mass is 10.1. The second-order valence-electron chi connectivity index (χ2n) is 4.71. The molecule has 0 saturated carbocycles. The fourth-order valence-corrected chi connectivity index (χ4v) is 2.18. The Hall–Kier alpha value is -1.36. The van der Waals surface area contributed by atoms with Gasteiger partial charge in [-0.3, -0.25) is 4.99 Å². The predicted molar refractivity (Wildman–Crippen MR) is 86.8 cm³/mol. The number of aliphatic hydroxyl groups is 1. The first-order chi connectivity index (χ1) is 8.70. The molecule has 2 atom stereocenters. The third-order valence-electron chi connectivity index (χ3n) is 3.19. The first-order valence-electron chi connectivity index (χ1n) is 6.35. The van der Waals surface area contributed by atoms with Crippen LogP contribution in [0.3, 0.4) is 0 Å². The van der Waals surface area contributed by atoms with Crippen LogP contribution in [0.1, 0.15) is 18.9 Å². The van der Waals surface area contributed by atoms with Gasteiger partial charge in [-0.25, -0.2) is 0 Å². The highest BCUT2D eigenvalue weighted by Gasteiger charge is 2.27. The molecule has 0 bridgehead atoms. The second kappa shape index (κ2) is 8.74. The van der Waals surface area contributed by atoms with Gasteiger partial charge in [-0.1, -0.05) is 36.4 Å². The number of aliphatic hydroxyl groups excluding tert-OH is 1. The number of benzene rings is 1. The molecular weight excluding hydrogens is 274 g/mol. The smallest absolute Gasteiger partial charge is 0.104 e. The van der Waals surface area contributed by atoms with Crippen molar-refractivity contribution in [1.29, 1.82) is 0 Å². The highest BCUT2D eigenvalue weighted by atomic mass is 35.5. The first-order valence-corrected chi connectivity index (χ1v) is 6.35. The molecule has 20 heavy (non-hydrogen) atoms. The fourth-order valence-electron chi connectivity index (χ4n) is 2.18. The lowest BCUT2D eigenvalue weighted by Gasteiger charge is -2.21. The lowest BCUT2D eigenvalue weighted by Crippen LogP contribution is -2.31. The van der Waals surface area contributed by atoms with Gasteiger partial charge in [0.05, 0.1) is 12.1 Å². The monoisotopic (exact) mass is 297 g/mol. The molecule has 0 fully saturated rings. The van der Waals surface area contributed by atoms with Crippen molar-refractivity contribution in [2.45, 2.75) is 32.0 Å². The summed E-state index contributed by atoms with van der Waals surface area (Å²) in [6.45, 7) is 7.19. The minimum Gasteiger partial charge on any atom is -0.391 e. The van der Waals surface area contributed by atoms with Crippen molar-refractivity contribution in [3.8, 4) is 0 Å². The number of aliphatic imine (C=N–C) groups is 1. The molecule has 1 aromatic rings. The van der Waals surface area contributed by atoms with Crippen molar-refractivity contribution in [3.63, 3.8) is 0 Å². The molecule has 0 saturated heterocycles. The quantitative estimate of drug-likeness (QED) is 0.821. The molecule has 0 spiro atoms. The third kappa shape index (κ3) is 4.63. The van der Waals surface area contributed by atoms with E-state index in [1.165, 1.54) is 5.56 Å². The van der Waals surface area contributed by atoms with Crippen LogP contribution in [0.25, 0.3) is 0 Å². The summed E-state index contributed by atoms with van der Waals surface area (Å²) in [5.41, 5.74) is 1.26. The Morgan fingerprint density at radius 1 is 1.45 bits per heavy atom. The Labute approximate surface area is 127 Å². The van der Waals surface area contributed by atoms with Gasteiger partial charge in [0.1, 0.15) is 5.84 Å². The third-order valence-corrected chi connectivity index (χ3v) is 3.19. The molecule has 4 N–H and O–H groups in total. The Balaban J connectivity index is 0.00000180. The van der Waals surface area contributed by atoms with Gasteiger partial charge >= 0.3 is 0 Å². The Bertz CT molecular complexity index is 434. The second-order valence-corrected chi connectivity index (χ2v) is 4.71. The van der Waals surface area contributed by atoms with E-state index in [1.54, 1.807) is 6.92 Å². The molecule has 1 aromatic carbocycles. The van der Waals surface area contributed by atoms with E-state index >= 15 is 0 Å². The lowest BCUT2D eigenvalue weighted by molar-refractivity contribution is 0.159. The molecule has 112 valence electrons. The zero-order valence-electron chi connectivity index (χ0n) is 11.9. The predicted octanol–water partition coefficient (Wildman–Crippen LogP) is 2.81. The summed E-state index contributed by atoms with van der Waals surface area (Å²) >= 11 is 0. The van der Waals surface area contributed by atoms with Gasteiger partial charge in [0, 0.05) is 19.5 Å². The normalized spacial score (nSPS) is 18.6. The molecule has 5 heteroatoms. The van der Waals surface area contributed by atoms with Gasteiger partial charge < -0.3 is 16.2 Å². The summed E-state index contributed by atoms with van der Waals surface area (Å²) in [4.78, 5) is 6.81. The van der Waals surface area contributed by atoms with Crippen LogP contribution in [0.4, 0.5) is 0 Å².